The molecular weight excluding hydrogens is 296 g/mol. The zero-order valence-electron chi connectivity index (χ0n) is 9.92. The number of sulfone groups is 1. The molecule has 19 heavy (non-hydrogen) atoms. The van der Waals surface area contributed by atoms with Crippen LogP contribution in [0, 0.1) is 0 Å². The molecule has 0 amide bonds. The Labute approximate surface area is 114 Å². The van der Waals surface area contributed by atoms with Crippen molar-refractivity contribution < 1.29 is 27.8 Å². The number of aliphatic carboxylic acids is 1. The Morgan fingerprint density at radius 3 is 2.89 bits per heavy atom. The predicted molar refractivity (Wildman–Crippen MR) is 66.7 cm³/mol. The Balaban J connectivity index is 2.44. The molecular formula is C11H11ClO6S. The smallest absolute Gasteiger partial charge is 0.341 e. The van der Waals surface area contributed by atoms with Gasteiger partial charge in [0, 0.05) is 0 Å². The Morgan fingerprint density at radius 2 is 2.26 bits per heavy atom. The van der Waals surface area contributed by atoms with E-state index >= 15 is 0 Å². The highest BCUT2D eigenvalue weighted by molar-refractivity contribution is 7.92. The summed E-state index contributed by atoms with van der Waals surface area (Å²) in [6.45, 7) is 0.972. The number of fused-ring (bicyclic) bond motifs is 1. The highest BCUT2D eigenvalue weighted by Crippen LogP contribution is 2.42. The van der Waals surface area contributed by atoms with Crippen molar-refractivity contribution in [1.29, 1.82) is 0 Å². The molecule has 104 valence electrons. The molecule has 8 heteroatoms. The van der Waals surface area contributed by atoms with Crippen molar-refractivity contribution in [2.45, 2.75) is 17.1 Å². The molecule has 1 heterocycles. The zero-order chi connectivity index (χ0) is 14.2. The van der Waals surface area contributed by atoms with Crippen molar-refractivity contribution in [2.24, 2.45) is 0 Å². The van der Waals surface area contributed by atoms with Gasteiger partial charge in [0.05, 0.1) is 5.25 Å². The van der Waals surface area contributed by atoms with Gasteiger partial charge in [-0.15, -0.1) is 0 Å². The third-order valence-corrected chi connectivity index (χ3v) is 5.16. The Bertz CT molecular complexity index is 624. The van der Waals surface area contributed by atoms with Gasteiger partial charge in [0.15, 0.2) is 22.2 Å². The number of hydrogen-bond donors (Lipinski definition) is 1. The highest BCUT2D eigenvalue weighted by atomic mass is 35.5. The molecule has 0 saturated heterocycles. The molecule has 0 bridgehead atoms. The summed E-state index contributed by atoms with van der Waals surface area (Å²) in [5.41, 5.74) is 0. The van der Waals surface area contributed by atoms with Crippen LogP contribution in [0.1, 0.15) is 6.92 Å². The maximum atomic E-state index is 12.1. The lowest BCUT2D eigenvalue weighted by molar-refractivity contribution is -0.139. The molecule has 6 nitrogen and oxygen atoms in total. The summed E-state index contributed by atoms with van der Waals surface area (Å²) in [6.07, 6.45) is 0. The molecule has 0 radical (unpaired) electrons. The van der Waals surface area contributed by atoms with Gasteiger partial charge in [-0.3, -0.25) is 0 Å². The lowest BCUT2D eigenvalue weighted by Gasteiger charge is -2.24. The van der Waals surface area contributed by atoms with Crippen LogP contribution in [0.15, 0.2) is 17.0 Å². The van der Waals surface area contributed by atoms with Crippen LogP contribution >= 0.6 is 11.6 Å². The average molecular weight is 307 g/mol. The van der Waals surface area contributed by atoms with Gasteiger partial charge >= 0.3 is 5.97 Å². The standard InChI is InChI=1S/C11H11ClO6S/c1-6-4-18-11-8(19(6,15)16)3-2-7(10(11)12)17-5-9(13)14/h2-3,6H,4-5H2,1H3,(H,13,14). The van der Waals surface area contributed by atoms with Crippen LogP contribution in [0.2, 0.25) is 5.02 Å². The highest BCUT2D eigenvalue weighted by Gasteiger charge is 2.34. The summed E-state index contributed by atoms with van der Waals surface area (Å²) in [4.78, 5) is 10.4. The van der Waals surface area contributed by atoms with Gasteiger partial charge in [0.2, 0.25) is 0 Å². The molecule has 2 rings (SSSR count). The SMILES string of the molecule is CC1COc2c(ccc(OCC(=O)O)c2Cl)S1(=O)=O. The number of ether oxygens (including phenoxy) is 2. The van der Waals surface area contributed by atoms with Crippen molar-refractivity contribution in [2.75, 3.05) is 13.2 Å². The lowest BCUT2D eigenvalue weighted by atomic mass is 10.3. The third kappa shape index (κ3) is 2.48. The largest absolute Gasteiger partial charge is 0.489 e. The van der Waals surface area contributed by atoms with Crippen molar-refractivity contribution >= 4 is 27.4 Å². The fraction of sp³-hybridized carbons (Fsp3) is 0.364. The van der Waals surface area contributed by atoms with Crippen LogP contribution in [0.5, 0.6) is 11.5 Å². The maximum Gasteiger partial charge on any atom is 0.341 e. The topological polar surface area (TPSA) is 89.9 Å². The molecule has 0 fully saturated rings. The lowest BCUT2D eigenvalue weighted by Crippen LogP contribution is -2.30. The van der Waals surface area contributed by atoms with E-state index in [4.69, 9.17) is 26.2 Å². The number of benzene rings is 1. The van der Waals surface area contributed by atoms with Gasteiger partial charge in [0.1, 0.15) is 22.3 Å². The van der Waals surface area contributed by atoms with Gasteiger partial charge in [-0.2, -0.15) is 0 Å². The summed E-state index contributed by atoms with van der Waals surface area (Å²) in [7, 11) is -3.47. The van der Waals surface area contributed by atoms with E-state index in [1.807, 2.05) is 0 Å². The number of carboxylic acids is 1. The Hall–Kier alpha value is -1.47. The molecule has 1 aliphatic heterocycles. The number of halogens is 1. The minimum absolute atomic E-state index is 0.000995. The van der Waals surface area contributed by atoms with Crippen LogP contribution in [0.25, 0.3) is 0 Å². The maximum absolute atomic E-state index is 12.1. The number of carboxylic acid groups (broad SMARTS) is 1. The van der Waals surface area contributed by atoms with Crippen LogP contribution in [0.4, 0.5) is 0 Å². The molecule has 0 aromatic heterocycles. The Kier molecular flexibility index (Phi) is 3.60. The van der Waals surface area contributed by atoms with E-state index in [2.05, 4.69) is 0 Å². The number of rotatable bonds is 3. The van der Waals surface area contributed by atoms with E-state index < -0.39 is 27.7 Å². The van der Waals surface area contributed by atoms with Crippen LogP contribution < -0.4 is 9.47 Å². The van der Waals surface area contributed by atoms with Crippen molar-refractivity contribution in [3.8, 4) is 11.5 Å². The van der Waals surface area contributed by atoms with E-state index in [1.165, 1.54) is 12.1 Å². The summed E-state index contributed by atoms with van der Waals surface area (Å²) < 4.78 is 34.4. The molecule has 1 aromatic rings. The van der Waals surface area contributed by atoms with E-state index in [-0.39, 0.29) is 28.0 Å². The first-order valence-corrected chi connectivity index (χ1v) is 7.30. The van der Waals surface area contributed by atoms with E-state index in [0.717, 1.165) is 0 Å². The molecule has 1 aromatic carbocycles. The summed E-state index contributed by atoms with van der Waals surface area (Å²) in [5, 5.41) is 7.84. The molecule has 1 unspecified atom stereocenters. The van der Waals surface area contributed by atoms with Crippen LogP contribution in [-0.2, 0) is 14.6 Å². The minimum Gasteiger partial charge on any atom is -0.489 e. The third-order valence-electron chi connectivity index (χ3n) is 2.68. The summed E-state index contributed by atoms with van der Waals surface area (Å²) >= 11 is 5.98. The van der Waals surface area contributed by atoms with E-state index in [1.54, 1.807) is 6.92 Å². The molecule has 0 saturated carbocycles. The normalized spacial score (nSPS) is 20.2. The first kappa shape index (κ1) is 14.0. The zero-order valence-corrected chi connectivity index (χ0v) is 11.5. The second kappa shape index (κ2) is 4.90. The van der Waals surface area contributed by atoms with Crippen LogP contribution in [-0.4, -0.2) is 38.0 Å². The molecule has 0 spiro atoms. The number of hydrogen-bond acceptors (Lipinski definition) is 5. The van der Waals surface area contributed by atoms with Gasteiger partial charge in [-0.1, -0.05) is 11.6 Å². The predicted octanol–water partition coefficient (Wildman–Crippen LogP) is 1.36. The van der Waals surface area contributed by atoms with Crippen LogP contribution in [0.3, 0.4) is 0 Å². The van der Waals surface area contributed by atoms with Gasteiger partial charge in [-0.05, 0) is 19.1 Å². The second-order valence-corrected chi connectivity index (χ2v) is 6.77. The number of carbonyl (C=O) groups is 1. The fourth-order valence-corrected chi connectivity index (χ4v) is 3.32. The van der Waals surface area contributed by atoms with Gasteiger partial charge in [-0.25, -0.2) is 13.2 Å². The fourth-order valence-electron chi connectivity index (χ4n) is 1.64. The minimum atomic E-state index is -3.47. The second-order valence-electron chi connectivity index (χ2n) is 4.05. The first-order chi connectivity index (χ1) is 8.84. The average Bonchev–Trinajstić information content (AvgIpc) is 2.33. The van der Waals surface area contributed by atoms with Crippen molar-refractivity contribution in [3.63, 3.8) is 0 Å². The van der Waals surface area contributed by atoms with Gasteiger partial charge in [0.25, 0.3) is 0 Å². The molecule has 1 N–H and O–H groups in total. The Morgan fingerprint density at radius 1 is 1.58 bits per heavy atom. The van der Waals surface area contributed by atoms with Crippen molar-refractivity contribution in [1.82, 2.24) is 0 Å². The molecule has 0 aliphatic carbocycles. The van der Waals surface area contributed by atoms with Gasteiger partial charge < -0.3 is 14.6 Å². The molecule has 1 aliphatic rings. The molecule has 1 atom stereocenters. The first-order valence-electron chi connectivity index (χ1n) is 5.38. The monoisotopic (exact) mass is 306 g/mol. The summed E-state index contributed by atoms with van der Waals surface area (Å²) in [5.74, 6) is -1.06. The quantitative estimate of drug-likeness (QED) is 0.907. The van der Waals surface area contributed by atoms with Crippen molar-refractivity contribution in [3.05, 3.63) is 17.2 Å². The van der Waals surface area contributed by atoms with E-state index in [9.17, 15) is 13.2 Å². The summed E-state index contributed by atoms with van der Waals surface area (Å²) in [6, 6.07) is 2.63. The van der Waals surface area contributed by atoms with E-state index in [0.29, 0.717) is 0 Å².